The summed E-state index contributed by atoms with van der Waals surface area (Å²) in [5.41, 5.74) is 0. The standard InChI is InChI=1S/C5H10N2O/c1-3-7-4-5(8)6-2/h4H,3H2,1-2H3,(H,6,8). The number of rotatable bonds is 2. The van der Waals surface area contributed by atoms with Crippen LogP contribution in [-0.2, 0) is 4.79 Å². The van der Waals surface area contributed by atoms with Gasteiger partial charge in [0.1, 0.15) is 0 Å². The van der Waals surface area contributed by atoms with E-state index in [4.69, 9.17) is 0 Å². The Morgan fingerprint density at radius 3 is 2.88 bits per heavy atom. The van der Waals surface area contributed by atoms with Crippen molar-refractivity contribution in [2.45, 2.75) is 6.92 Å². The summed E-state index contributed by atoms with van der Waals surface area (Å²) in [6.45, 7) is 2.53. The zero-order valence-corrected chi connectivity index (χ0v) is 5.14. The van der Waals surface area contributed by atoms with Crippen LogP contribution in [0, 0.1) is 0 Å². The number of nitrogens with one attached hydrogen (secondary N) is 1. The van der Waals surface area contributed by atoms with Crippen molar-refractivity contribution in [2.24, 2.45) is 4.99 Å². The number of aliphatic imine (C=N–C) groups is 1. The fraction of sp³-hybridized carbons (Fsp3) is 0.600. The third-order valence-corrected chi connectivity index (χ3v) is 0.638. The van der Waals surface area contributed by atoms with Gasteiger partial charge in [0.2, 0.25) is 0 Å². The van der Waals surface area contributed by atoms with Crippen LogP contribution < -0.4 is 5.32 Å². The molecule has 0 spiro atoms. The van der Waals surface area contributed by atoms with Crippen LogP contribution in [0.1, 0.15) is 6.92 Å². The summed E-state index contributed by atoms with van der Waals surface area (Å²) in [5.74, 6) is -0.146. The lowest BCUT2D eigenvalue weighted by Crippen LogP contribution is -2.18. The second kappa shape index (κ2) is 4.30. The van der Waals surface area contributed by atoms with Crippen LogP contribution in [0.25, 0.3) is 0 Å². The molecule has 3 nitrogen and oxygen atoms in total. The molecule has 0 aromatic rings. The molecule has 1 amide bonds. The highest BCUT2D eigenvalue weighted by Gasteiger charge is 1.84. The molecule has 0 atom stereocenters. The zero-order chi connectivity index (χ0) is 6.41. The molecule has 0 saturated heterocycles. The van der Waals surface area contributed by atoms with Crippen LogP contribution in [0.3, 0.4) is 0 Å². The quantitative estimate of drug-likeness (QED) is 0.497. The van der Waals surface area contributed by atoms with Crippen LogP contribution in [0.4, 0.5) is 0 Å². The van der Waals surface area contributed by atoms with Crippen LogP contribution in [-0.4, -0.2) is 25.7 Å². The van der Waals surface area contributed by atoms with Gasteiger partial charge in [-0.2, -0.15) is 0 Å². The van der Waals surface area contributed by atoms with E-state index in [9.17, 15) is 4.79 Å². The molecule has 0 aromatic carbocycles. The van der Waals surface area contributed by atoms with Crippen molar-refractivity contribution in [2.75, 3.05) is 13.6 Å². The Morgan fingerprint density at radius 1 is 1.88 bits per heavy atom. The minimum Gasteiger partial charge on any atom is -0.354 e. The van der Waals surface area contributed by atoms with Crippen molar-refractivity contribution in [1.29, 1.82) is 0 Å². The fourth-order valence-corrected chi connectivity index (χ4v) is 0.239. The highest BCUT2D eigenvalue weighted by Crippen LogP contribution is 1.61. The van der Waals surface area contributed by atoms with Crippen LogP contribution in [0.5, 0.6) is 0 Å². The number of carbonyl (C=O) groups is 1. The number of hydrogen-bond donors (Lipinski definition) is 1. The predicted molar refractivity (Wildman–Crippen MR) is 33.1 cm³/mol. The first-order valence-corrected chi connectivity index (χ1v) is 2.52. The Balaban J connectivity index is 3.37. The number of nitrogens with zero attached hydrogens (tertiary/aromatic N) is 1. The average Bonchev–Trinajstić information content (AvgIpc) is 1.83. The minimum absolute atomic E-state index is 0.146. The van der Waals surface area contributed by atoms with Gasteiger partial charge in [0, 0.05) is 13.6 Å². The molecule has 3 heteroatoms. The molecule has 0 heterocycles. The molecule has 0 fully saturated rings. The van der Waals surface area contributed by atoms with Crippen LogP contribution in [0.2, 0.25) is 0 Å². The van der Waals surface area contributed by atoms with Gasteiger partial charge in [-0.25, -0.2) is 0 Å². The molecule has 0 unspecified atom stereocenters. The Labute approximate surface area is 48.8 Å². The van der Waals surface area contributed by atoms with E-state index in [1.807, 2.05) is 6.92 Å². The molecule has 46 valence electrons. The Bertz CT molecular complexity index is 98.6. The maximum absolute atomic E-state index is 10.3. The first-order valence-electron chi connectivity index (χ1n) is 2.52. The van der Waals surface area contributed by atoms with Gasteiger partial charge in [-0.05, 0) is 6.92 Å². The van der Waals surface area contributed by atoms with Gasteiger partial charge in [0.05, 0.1) is 6.21 Å². The smallest absolute Gasteiger partial charge is 0.261 e. The van der Waals surface area contributed by atoms with E-state index in [0.717, 1.165) is 0 Å². The lowest BCUT2D eigenvalue weighted by molar-refractivity contribution is -0.113. The van der Waals surface area contributed by atoms with Gasteiger partial charge in [-0.1, -0.05) is 0 Å². The van der Waals surface area contributed by atoms with Gasteiger partial charge < -0.3 is 5.32 Å². The largest absolute Gasteiger partial charge is 0.354 e. The molecule has 1 N–H and O–H groups in total. The van der Waals surface area contributed by atoms with Crippen molar-refractivity contribution in [3.05, 3.63) is 0 Å². The van der Waals surface area contributed by atoms with Crippen LogP contribution >= 0.6 is 0 Å². The normalized spacial score (nSPS) is 9.75. The first kappa shape index (κ1) is 7.14. The highest BCUT2D eigenvalue weighted by molar-refractivity contribution is 6.26. The maximum atomic E-state index is 10.3. The Kier molecular flexibility index (Phi) is 3.84. The molecule has 0 aliphatic carbocycles. The lowest BCUT2D eigenvalue weighted by Gasteiger charge is -1.85. The Hall–Kier alpha value is -0.860. The minimum atomic E-state index is -0.146. The van der Waals surface area contributed by atoms with Gasteiger partial charge in [0.15, 0.2) is 0 Å². The Morgan fingerprint density at radius 2 is 2.50 bits per heavy atom. The van der Waals surface area contributed by atoms with Crippen molar-refractivity contribution < 1.29 is 4.79 Å². The van der Waals surface area contributed by atoms with Crippen LogP contribution in [0.15, 0.2) is 4.99 Å². The molecule has 0 rings (SSSR count). The van der Waals surface area contributed by atoms with Crippen molar-refractivity contribution in [3.8, 4) is 0 Å². The molecule has 0 saturated carbocycles. The molecule has 8 heavy (non-hydrogen) atoms. The topological polar surface area (TPSA) is 41.5 Å². The summed E-state index contributed by atoms with van der Waals surface area (Å²) in [4.78, 5) is 14.0. The predicted octanol–water partition coefficient (Wildman–Crippen LogP) is -0.177. The molecule has 0 aliphatic rings. The van der Waals surface area contributed by atoms with E-state index in [2.05, 4.69) is 10.3 Å². The zero-order valence-electron chi connectivity index (χ0n) is 5.14. The fourth-order valence-electron chi connectivity index (χ4n) is 0.239. The summed E-state index contributed by atoms with van der Waals surface area (Å²) in [7, 11) is 1.57. The number of hydrogen-bond acceptors (Lipinski definition) is 2. The van der Waals surface area contributed by atoms with Crippen molar-refractivity contribution >= 4 is 12.1 Å². The van der Waals surface area contributed by atoms with Gasteiger partial charge in [-0.3, -0.25) is 9.79 Å². The van der Waals surface area contributed by atoms with E-state index in [0.29, 0.717) is 6.54 Å². The lowest BCUT2D eigenvalue weighted by atomic mass is 10.6. The van der Waals surface area contributed by atoms with Gasteiger partial charge in [-0.15, -0.1) is 0 Å². The molecular weight excluding hydrogens is 104 g/mol. The van der Waals surface area contributed by atoms with E-state index < -0.39 is 0 Å². The molecule has 0 radical (unpaired) electrons. The molecule has 0 aromatic heterocycles. The maximum Gasteiger partial charge on any atom is 0.261 e. The van der Waals surface area contributed by atoms with Gasteiger partial charge in [0.25, 0.3) is 5.91 Å². The second-order valence-corrected chi connectivity index (χ2v) is 1.24. The van der Waals surface area contributed by atoms with Crippen molar-refractivity contribution in [3.63, 3.8) is 0 Å². The van der Waals surface area contributed by atoms with E-state index in [1.54, 1.807) is 7.05 Å². The summed E-state index contributed by atoms with van der Waals surface area (Å²) in [5, 5.41) is 2.41. The van der Waals surface area contributed by atoms with Gasteiger partial charge >= 0.3 is 0 Å². The summed E-state index contributed by atoms with van der Waals surface area (Å²) < 4.78 is 0. The SMILES string of the molecule is CCN=CC(=O)NC. The summed E-state index contributed by atoms with van der Waals surface area (Å²) >= 11 is 0. The van der Waals surface area contributed by atoms with E-state index in [-0.39, 0.29) is 5.91 Å². The van der Waals surface area contributed by atoms with Crippen molar-refractivity contribution in [1.82, 2.24) is 5.32 Å². The number of carbonyl (C=O) groups excluding carboxylic acids is 1. The second-order valence-electron chi connectivity index (χ2n) is 1.24. The highest BCUT2D eigenvalue weighted by atomic mass is 16.1. The summed E-state index contributed by atoms with van der Waals surface area (Å²) in [6, 6.07) is 0. The first-order chi connectivity index (χ1) is 3.81. The summed E-state index contributed by atoms with van der Waals surface area (Å²) in [6.07, 6.45) is 1.28. The monoisotopic (exact) mass is 114 g/mol. The molecular formula is C5H10N2O. The van der Waals surface area contributed by atoms with E-state index >= 15 is 0 Å². The number of amides is 1. The third-order valence-electron chi connectivity index (χ3n) is 0.638. The third kappa shape index (κ3) is 3.33. The molecule has 0 bridgehead atoms. The molecule has 0 aliphatic heterocycles. The average molecular weight is 114 g/mol. The van der Waals surface area contributed by atoms with E-state index in [1.165, 1.54) is 6.21 Å².